The predicted molar refractivity (Wildman–Crippen MR) is 86.8 cm³/mol. The van der Waals surface area contributed by atoms with Crippen LogP contribution >= 0.6 is 11.3 Å². The number of thiazole rings is 1. The maximum atomic E-state index is 13.0. The first kappa shape index (κ1) is 16.3. The van der Waals surface area contributed by atoms with Crippen molar-refractivity contribution in [2.45, 2.75) is 6.18 Å². The van der Waals surface area contributed by atoms with Crippen molar-refractivity contribution in [2.24, 2.45) is 0 Å². The van der Waals surface area contributed by atoms with Crippen molar-refractivity contribution in [1.82, 2.24) is 10.1 Å². The monoisotopic (exact) mass is 379 g/mol. The number of carbonyl (C=O) groups is 1. The molecular formula is C16H8F3N3O3S. The Morgan fingerprint density at radius 3 is 2.73 bits per heavy atom. The second-order valence-electron chi connectivity index (χ2n) is 5.18. The highest BCUT2D eigenvalue weighted by Crippen LogP contribution is 2.37. The van der Waals surface area contributed by atoms with Gasteiger partial charge in [-0.3, -0.25) is 10.1 Å². The van der Waals surface area contributed by atoms with E-state index in [-0.39, 0.29) is 22.1 Å². The average Bonchev–Trinajstić information content (AvgIpc) is 3.32. The van der Waals surface area contributed by atoms with Gasteiger partial charge in [0.25, 0.3) is 5.91 Å². The number of amides is 1. The molecule has 0 bridgehead atoms. The largest absolute Gasteiger partial charge is 0.461 e. The van der Waals surface area contributed by atoms with Gasteiger partial charge < -0.3 is 8.94 Å². The number of fused-ring (bicyclic) bond motifs is 1. The molecule has 0 saturated carbocycles. The van der Waals surface area contributed by atoms with Gasteiger partial charge in [-0.05, 0) is 24.3 Å². The summed E-state index contributed by atoms with van der Waals surface area (Å²) in [4.78, 5) is 16.1. The number of furan rings is 1. The van der Waals surface area contributed by atoms with Crippen molar-refractivity contribution < 1.29 is 26.9 Å². The Hall–Kier alpha value is -3.14. The summed E-state index contributed by atoms with van der Waals surface area (Å²) in [7, 11) is 0. The van der Waals surface area contributed by atoms with E-state index in [4.69, 9.17) is 8.94 Å². The minimum absolute atomic E-state index is 0.0317. The van der Waals surface area contributed by atoms with Gasteiger partial charge in [-0.1, -0.05) is 22.6 Å². The summed E-state index contributed by atoms with van der Waals surface area (Å²) >= 11 is 0.935. The first-order chi connectivity index (χ1) is 12.4. The summed E-state index contributed by atoms with van der Waals surface area (Å²) in [6.45, 7) is 0. The van der Waals surface area contributed by atoms with Gasteiger partial charge in [-0.25, -0.2) is 4.98 Å². The zero-order valence-corrected chi connectivity index (χ0v) is 13.5. The lowest BCUT2D eigenvalue weighted by Crippen LogP contribution is -2.12. The van der Waals surface area contributed by atoms with Crippen LogP contribution in [0.3, 0.4) is 0 Å². The number of nitrogens with one attached hydrogen (secondary N) is 1. The smallest absolute Gasteiger partial charge is 0.418 e. The van der Waals surface area contributed by atoms with Gasteiger partial charge in [-0.15, -0.1) is 0 Å². The Bertz CT molecular complexity index is 1080. The van der Waals surface area contributed by atoms with Crippen LogP contribution in [0.5, 0.6) is 0 Å². The minimum Gasteiger partial charge on any atom is -0.461 e. The lowest BCUT2D eigenvalue weighted by atomic mass is 10.2. The van der Waals surface area contributed by atoms with Gasteiger partial charge in [0.15, 0.2) is 16.6 Å². The number of nitrogens with zero attached hydrogens (tertiary/aromatic N) is 2. The van der Waals surface area contributed by atoms with Crippen LogP contribution in [0.25, 0.3) is 21.7 Å². The second kappa shape index (κ2) is 5.99. The molecule has 0 aliphatic heterocycles. The molecule has 6 nitrogen and oxygen atoms in total. The second-order valence-corrected chi connectivity index (χ2v) is 6.21. The standard InChI is InChI=1S/C16H8F3N3O3S/c17-16(18,19)8-3-1-5-12-13(8)20-15(26-12)21-14(23)9-7-11(25-22-9)10-4-2-6-24-10/h1-7H,(H,20,21,23). The van der Waals surface area contributed by atoms with E-state index < -0.39 is 17.6 Å². The van der Waals surface area contributed by atoms with E-state index in [1.165, 1.54) is 24.5 Å². The molecule has 1 N–H and O–H groups in total. The molecule has 1 aromatic carbocycles. The minimum atomic E-state index is -4.53. The third kappa shape index (κ3) is 2.94. The number of anilines is 1. The molecule has 0 radical (unpaired) electrons. The fraction of sp³-hybridized carbons (Fsp3) is 0.0625. The van der Waals surface area contributed by atoms with Crippen molar-refractivity contribution in [2.75, 3.05) is 5.32 Å². The highest BCUT2D eigenvalue weighted by molar-refractivity contribution is 7.22. The quantitative estimate of drug-likeness (QED) is 0.552. The summed E-state index contributed by atoms with van der Waals surface area (Å²) in [6.07, 6.45) is -3.09. The van der Waals surface area contributed by atoms with Gasteiger partial charge in [-0.2, -0.15) is 13.2 Å². The molecule has 0 saturated heterocycles. The van der Waals surface area contributed by atoms with Gasteiger partial charge in [0, 0.05) is 6.07 Å². The van der Waals surface area contributed by atoms with Crippen LogP contribution in [0.1, 0.15) is 16.1 Å². The molecule has 0 aliphatic carbocycles. The molecule has 1 amide bonds. The number of aromatic nitrogens is 2. The van der Waals surface area contributed by atoms with E-state index in [0.717, 1.165) is 17.4 Å². The van der Waals surface area contributed by atoms with Crippen molar-refractivity contribution >= 4 is 32.6 Å². The number of benzene rings is 1. The number of halogens is 3. The lowest BCUT2D eigenvalue weighted by Gasteiger charge is -2.05. The summed E-state index contributed by atoms with van der Waals surface area (Å²) < 4.78 is 49.6. The SMILES string of the molecule is O=C(Nc1nc2c(C(F)(F)F)cccc2s1)c1cc(-c2ccco2)on1. The Labute approximate surface area is 147 Å². The Balaban J connectivity index is 1.60. The molecular weight excluding hydrogens is 371 g/mol. The maximum absolute atomic E-state index is 13.0. The Kier molecular flexibility index (Phi) is 3.76. The number of para-hydroxylation sites is 1. The van der Waals surface area contributed by atoms with Gasteiger partial charge in [0.05, 0.1) is 22.0 Å². The fourth-order valence-electron chi connectivity index (χ4n) is 2.31. The highest BCUT2D eigenvalue weighted by atomic mass is 32.1. The van der Waals surface area contributed by atoms with Crippen LogP contribution in [0.4, 0.5) is 18.3 Å². The maximum Gasteiger partial charge on any atom is 0.418 e. The number of rotatable bonds is 3. The molecule has 4 rings (SSSR count). The van der Waals surface area contributed by atoms with Crippen molar-refractivity contribution in [1.29, 1.82) is 0 Å². The topological polar surface area (TPSA) is 81.2 Å². The van der Waals surface area contributed by atoms with Crippen LogP contribution in [-0.4, -0.2) is 16.0 Å². The summed E-state index contributed by atoms with van der Waals surface area (Å²) in [6, 6.07) is 8.39. The molecule has 0 unspecified atom stereocenters. The average molecular weight is 379 g/mol. The third-order valence-electron chi connectivity index (χ3n) is 3.45. The molecule has 10 heteroatoms. The van der Waals surface area contributed by atoms with Gasteiger partial charge >= 0.3 is 6.18 Å². The number of hydrogen-bond donors (Lipinski definition) is 1. The molecule has 0 aliphatic rings. The van der Waals surface area contributed by atoms with Gasteiger partial charge in [0.1, 0.15) is 0 Å². The lowest BCUT2D eigenvalue weighted by molar-refractivity contribution is -0.136. The third-order valence-corrected chi connectivity index (χ3v) is 4.39. The van der Waals surface area contributed by atoms with Crippen LogP contribution in [-0.2, 0) is 6.18 Å². The Morgan fingerprint density at radius 2 is 2.00 bits per heavy atom. The Morgan fingerprint density at radius 1 is 1.15 bits per heavy atom. The first-order valence-electron chi connectivity index (χ1n) is 7.20. The normalized spacial score (nSPS) is 11.8. The van der Waals surface area contributed by atoms with E-state index in [1.54, 1.807) is 12.1 Å². The van der Waals surface area contributed by atoms with Crippen LogP contribution in [0, 0.1) is 0 Å². The van der Waals surface area contributed by atoms with E-state index in [1.807, 2.05) is 0 Å². The molecule has 26 heavy (non-hydrogen) atoms. The van der Waals surface area contributed by atoms with Crippen molar-refractivity contribution in [3.63, 3.8) is 0 Å². The molecule has 4 aromatic rings. The fourth-order valence-corrected chi connectivity index (χ4v) is 3.20. The van der Waals surface area contributed by atoms with Crippen molar-refractivity contribution in [3.05, 3.63) is 53.9 Å². The van der Waals surface area contributed by atoms with E-state index in [9.17, 15) is 18.0 Å². The molecule has 3 heterocycles. The van der Waals surface area contributed by atoms with Gasteiger partial charge in [0.2, 0.25) is 5.76 Å². The molecule has 3 aromatic heterocycles. The molecule has 0 spiro atoms. The first-order valence-corrected chi connectivity index (χ1v) is 8.02. The van der Waals surface area contributed by atoms with Crippen LogP contribution < -0.4 is 5.32 Å². The zero-order chi connectivity index (χ0) is 18.3. The molecule has 0 atom stereocenters. The highest BCUT2D eigenvalue weighted by Gasteiger charge is 2.33. The zero-order valence-electron chi connectivity index (χ0n) is 12.7. The summed E-state index contributed by atoms with van der Waals surface area (Å²) in [5, 5.41) is 6.09. The summed E-state index contributed by atoms with van der Waals surface area (Å²) in [5.41, 5.74) is -1.11. The van der Waals surface area contributed by atoms with Crippen LogP contribution in [0.15, 0.2) is 51.6 Å². The van der Waals surface area contributed by atoms with Crippen molar-refractivity contribution in [3.8, 4) is 11.5 Å². The van der Waals surface area contributed by atoms with E-state index >= 15 is 0 Å². The van der Waals surface area contributed by atoms with E-state index in [2.05, 4.69) is 15.5 Å². The number of hydrogen-bond acceptors (Lipinski definition) is 6. The van der Waals surface area contributed by atoms with E-state index in [0.29, 0.717) is 10.5 Å². The van der Waals surface area contributed by atoms with Crippen LogP contribution in [0.2, 0.25) is 0 Å². The molecule has 0 fully saturated rings. The summed E-state index contributed by atoms with van der Waals surface area (Å²) in [5.74, 6) is -0.00525. The number of carbonyl (C=O) groups excluding carboxylic acids is 1. The number of alkyl halides is 3. The predicted octanol–water partition coefficient (Wildman–Crippen LogP) is 4.82. The molecule has 132 valence electrons.